The number of anilines is 1. The van der Waals surface area contributed by atoms with Crippen molar-refractivity contribution < 1.29 is 22.9 Å². The van der Waals surface area contributed by atoms with Gasteiger partial charge in [0.2, 0.25) is 11.8 Å². The topological polar surface area (TPSA) is 102 Å². The zero-order chi connectivity index (χ0) is 26.4. The first-order valence-electron chi connectivity index (χ1n) is 13.2. The summed E-state index contributed by atoms with van der Waals surface area (Å²) in [6.07, 6.45) is 6.02. The molecular weight excluding hydrogens is 478 g/mol. The van der Waals surface area contributed by atoms with Crippen LogP contribution >= 0.6 is 0 Å². The van der Waals surface area contributed by atoms with Crippen LogP contribution < -0.4 is 10.6 Å². The molecule has 2 amide bonds. The average Bonchev–Trinajstić information content (AvgIpc) is 3.33. The molecule has 2 N–H and O–H groups in total. The van der Waals surface area contributed by atoms with Gasteiger partial charge in [0.25, 0.3) is 5.91 Å². The van der Waals surface area contributed by atoms with Crippen molar-refractivity contribution in [1.82, 2.24) is 10.1 Å². The Morgan fingerprint density at radius 3 is 2.22 bits per heavy atom. The van der Waals surface area contributed by atoms with Gasteiger partial charge in [-0.05, 0) is 81.4 Å². The Kier molecular flexibility index (Phi) is 5.03. The van der Waals surface area contributed by atoms with Crippen LogP contribution in [0.1, 0.15) is 101 Å². The summed E-state index contributed by atoms with van der Waals surface area (Å²) in [5, 5.41) is 4.25. The van der Waals surface area contributed by atoms with Crippen molar-refractivity contribution in [2.24, 2.45) is 16.6 Å². The molecule has 4 bridgehead atoms. The molecule has 0 aliphatic heterocycles. The highest BCUT2D eigenvalue weighted by Crippen LogP contribution is 2.70. The zero-order valence-corrected chi connectivity index (χ0v) is 21.7. The predicted molar refractivity (Wildman–Crippen MR) is 132 cm³/mol. The lowest BCUT2D eigenvalue weighted by molar-refractivity contribution is -0.211. The van der Waals surface area contributed by atoms with E-state index in [2.05, 4.69) is 25.9 Å². The zero-order valence-electron chi connectivity index (χ0n) is 21.7. The Hall–Kier alpha value is -2.84. The summed E-state index contributed by atoms with van der Waals surface area (Å²) in [4.78, 5) is 32.1. The van der Waals surface area contributed by atoms with Crippen LogP contribution in [0.5, 0.6) is 0 Å². The average molecular weight is 513 g/mol. The van der Waals surface area contributed by atoms with Gasteiger partial charge in [-0.3, -0.25) is 9.59 Å². The van der Waals surface area contributed by atoms with Crippen LogP contribution in [-0.2, 0) is 15.6 Å². The summed E-state index contributed by atoms with van der Waals surface area (Å²) in [5.74, 6) is -0.304. The molecule has 7 nitrogen and oxygen atoms in total. The standard InChI is InChI=1S/C28H34F2N4O3/c1-24(2,3)21-32-22(37-33-21)26-9-6-25(7-10-26,8-11-26)16-34(23(36)27-13-28(30,14-27)15-27)17-4-5-19(29)18(12-17)20(31)35/h4-5,12H,6-11,13-16H2,1-3H3,(H2,31,35). The number of benzene rings is 1. The molecule has 2 aromatic rings. The Balaban J connectivity index is 1.27. The number of hydrogen-bond acceptors (Lipinski definition) is 5. The highest BCUT2D eigenvalue weighted by Gasteiger charge is 2.73. The summed E-state index contributed by atoms with van der Waals surface area (Å²) in [7, 11) is 0. The van der Waals surface area contributed by atoms with Crippen LogP contribution in [0.15, 0.2) is 22.7 Å². The fraction of sp³-hybridized carbons (Fsp3) is 0.643. The molecule has 1 aromatic heterocycles. The number of amides is 2. The number of rotatable bonds is 6. The molecule has 8 rings (SSSR count). The number of fused-ring (bicyclic) bond motifs is 3. The Labute approximate surface area is 215 Å². The first-order chi connectivity index (χ1) is 17.3. The summed E-state index contributed by atoms with van der Waals surface area (Å²) in [6, 6.07) is 4.07. The van der Waals surface area contributed by atoms with E-state index in [0.717, 1.165) is 38.5 Å². The van der Waals surface area contributed by atoms with Crippen molar-refractivity contribution in [3.05, 3.63) is 41.3 Å². The van der Waals surface area contributed by atoms with Gasteiger partial charge in [0.05, 0.1) is 11.0 Å². The van der Waals surface area contributed by atoms with Crippen LogP contribution in [-0.4, -0.2) is 34.2 Å². The lowest BCUT2D eigenvalue weighted by atomic mass is 9.41. The van der Waals surface area contributed by atoms with Gasteiger partial charge in [0.1, 0.15) is 11.5 Å². The molecule has 37 heavy (non-hydrogen) atoms. The molecule has 0 spiro atoms. The van der Waals surface area contributed by atoms with E-state index in [4.69, 9.17) is 15.2 Å². The molecule has 6 saturated carbocycles. The van der Waals surface area contributed by atoms with E-state index in [1.54, 1.807) is 4.90 Å². The maximum Gasteiger partial charge on any atom is 0.251 e. The van der Waals surface area contributed by atoms with Crippen molar-refractivity contribution in [1.29, 1.82) is 0 Å². The lowest BCUT2D eigenvalue weighted by Gasteiger charge is -2.65. The highest BCUT2D eigenvalue weighted by atomic mass is 19.1. The minimum absolute atomic E-state index is 0.123. The van der Waals surface area contributed by atoms with E-state index in [9.17, 15) is 18.4 Å². The van der Waals surface area contributed by atoms with Crippen molar-refractivity contribution >= 4 is 17.5 Å². The Morgan fingerprint density at radius 1 is 1.08 bits per heavy atom. The van der Waals surface area contributed by atoms with Gasteiger partial charge in [-0.25, -0.2) is 8.78 Å². The Morgan fingerprint density at radius 2 is 1.70 bits per heavy atom. The van der Waals surface area contributed by atoms with Gasteiger partial charge >= 0.3 is 0 Å². The van der Waals surface area contributed by atoms with Crippen molar-refractivity contribution in [3.8, 4) is 0 Å². The third-order valence-corrected chi connectivity index (χ3v) is 9.64. The first-order valence-corrected chi connectivity index (χ1v) is 13.2. The van der Waals surface area contributed by atoms with Gasteiger partial charge in [-0.2, -0.15) is 4.98 Å². The Bertz CT molecular complexity index is 1250. The van der Waals surface area contributed by atoms with Crippen molar-refractivity contribution in [2.45, 2.75) is 95.1 Å². The first kappa shape index (κ1) is 24.5. The number of carbonyl (C=O) groups excluding carboxylic acids is 2. The third kappa shape index (κ3) is 3.71. The number of halogens is 2. The fourth-order valence-electron chi connectivity index (χ4n) is 7.23. The largest absolute Gasteiger partial charge is 0.366 e. The monoisotopic (exact) mass is 512 g/mol. The molecule has 6 fully saturated rings. The van der Waals surface area contributed by atoms with Crippen LogP contribution in [0.4, 0.5) is 14.5 Å². The predicted octanol–water partition coefficient (Wildman–Crippen LogP) is 5.12. The quantitative estimate of drug-likeness (QED) is 0.579. The normalized spacial score (nSPS) is 34.0. The van der Waals surface area contributed by atoms with Crippen LogP contribution in [0.25, 0.3) is 0 Å². The van der Waals surface area contributed by atoms with E-state index < -0.39 is 22.8 Å². The SMILES string of the molecule is CC(C)(C)c1noc(C23CCC(CN(C(=O)C45CC(F)(C4)C5)c4ccc(F)c(C(N)=O)c4)(CC2)CC3)n1. The molecule has 6 aliphatic carbocycles. The molecular formula is C28H34F2N4O3. The number of carbonyl (C=O) groups is 2. The van der Waals surface area contributed by atoms with Gasteiger partial charge < -0.3 is 15.2 Å². The fourth-order valence-corrected chi connectivity index (χ4v) is 7.23. The maximum absolute atomic E-state index is 14.3. The van der Waals surface area contributed by atoms with Gasteiger partial charge in [0, 0.05) is 23.1 Å². The number of nitrogens with two attached hydrogens (primary N) is 1. The van der Waals surface area contributed by atoms with E-state index in [1.807, 2.05) is 0 Å². The molecule has 198 valence electrons. The van der Waals surface area contributed by atoms with Crippen LogP contribution in [0.2, 0.25) is 0 Å². The van der Waals surface area contributed by atoms with E-state index >= 15 is 0 Å². The van der Waals surface area contributed by atoms with Crippen molar-refractivity contribution in [3.63, 3.8) is 0 Å². The van der Waals surface area contributed by atoms with Crippen LogP contribution in [0.3, 0.4) is 0 Å². The maximum atomic E-state index is 14.3. The molecule has 1 aromatic carbocycles. The van der Waals surface area contributed by atoms with Crippen molar-refractivity contribution in [2.75, 3.05) is 11.4 Å². The molecule has 9 heteroatoms. The summed E-state index contributed by atoms with van der Waals surface area (Å²) in [5.41, 5.74) is 3.24. The molecule has 1 heterocycles. The number of aromatic nitrogens is 2. The van der Waals surface area contributed by atoms with E-state index in [0.29, 0.717) is 23.9 Å². The van der Waals surface area contributed by atoms with Crippen LogP contribution in [0, 0.1) is 16.6 Å². The lowest BCUT2D eigenvalue weighted by Crippen LogP contribution is -2.71. The number of nitrogens with zero attached hydrogens (tertiary/aromatic N) is 3. The molecule has 0 radical (unpaired) electrons. The number of alkyl halides is 1. The minimum Gasteiger partial charge on any atom is -0.366 e. The second-order valence-electron chi connectivity index (χ2n) is 13.3. The van der Waals surface area contributed by atoms with Gasteiger partial charge in [-0.15, -0.1) is 0 Å². The summed E-state index contributed by atoms with van der Waals surface area (Å²) < 4.78 is 34.4. The van der Waals surface area contributed by atoms with Gasteiger partial charge in [0.15, 0.2) is 5.82 Å². The minimum atomic E-state index is -1.22. The van der Waals surface area contributed by atoms with E-state index in [1.165, 1.54) is 18.2 Å². The number of hydrogen-bond donors (Lipinski definition) is 1. The highest BCUT2D eigenvalue weighted by molar-refractivity contribution is 6.02. The number of primary amides is 1. The second kappa shape index (κ2) is 7.60. The molecule has 6 aliphatic rings. The summed E-state index contributed by atoms with van der Waals surface area (Å²) in [6.45, 7) is 6.64. The molecule has 0 atom stereocenters. The van der Waals surface area contributed by atoms with Gasteiger partial charge in [-0.1, -0.05) is 25.9 Å². The molecule has 0 saturated heterocycles. The molecule has 0 unspecified atom stereocenters. The third-order valence-electron chi connectivity index (χ3n) is 9.64. The summed E-state index contributed by atoms with van der Waals surface area (Å²) >= 11 is 0. The van der Waals surface area contributed by atoms with E-state index in [-0.39, 0.29) is 47.0 Å². The second-order valence-corrected chi connectivity index (χ2v) is 13.3. The smallest absolute Gasteiger partial charge is 0.251 e.